The Balaban J connectivity index is 1.94. The van der Waals surface area contributed by atoms with E-state index in [9.17, 15) is 0 Å². The first kappa shape index (κ1) is 12.8. The molecule has 0 aliphatic carbocycles. The first-order valence-corrected chi connectivity index (χ1v) is 6.96. The van der Waals surface area contributed by atoms with Gasteiger partial charge in [0, 0.05) is 36.1 Å². The lowest BCUT2D eigenvalue weighted by Gasteiger charge is -2.06. The average molecular weight is 266 g/mol. The number of hydrogen-bond acceptors (Lipinski definition) is 3. The number of pyridine rings is 2. The summed E-state index contributed by atoms with van der Waals surface area (Å²) in [5, 5.41) is 5.53. The average Bonchev–Trinajstić information content (AvgIpc) is 2.88. The largest absolute Gasteiger partial charge is 0.265 e. The molecular formula is C16H18N4. The molecule has 0 saturated carbocycles. The van der Waals surface area contributed by atoms with E-state index in [4.69, 9.17) is 0 Å². The van der Waals surface area contributed by atoms with Crippen LogP contribution in [0, 0.1) is 5.92 Å². The van der Waals surface area contributed by atoms with Gasteiger partial charge < -0.3 is 0 Å². The third kappa shape index (κ3) is 2.54. The lowest BCUT2D eigenvalue weighted by molar-refractivity contribution is 0.494. The van der Waals surface area contributed by atoms with Crippen LogP contribution >= 0.6 is 0 Å². The standard InChI is InChI=1S/C16H18N4/c1-12(2)5-8-20-16-15(11-19-20)9-14(10-18-16)13-3-6-17-7-4-13/h3-4,6-7,9-12H,5,8H2,1-2H3. The molecular weight excluding hydrogens is 248 g/mol. The Kier molecular flexibility index (Phi) is 3.46. The van der Waals surface area contributed by atoms with Gasteiger partial charge >= 0.3 is 0 Å². The number of nitrogens with zero attached hydrogens (tertiary/aromatic N) is 4. The quantitative estimate of drug-likeness (QED) is 0.725. The first-order chi connectivity index (χ1) is 9.74. The summed E-state index contributed by atoms with van der Waals surface area (Å²) in [6.45, 7) is 5.37. The van der Waals surface area contributed by atoms with Crippen LogP contribution in [0.1, 0.15) is 20.3 Å². The van der Waals surface area contributed by atoms with Crippen LogP contribution < -0.4 is 0 Å². The lowest BCUT2D eigenvalue weighted by Crippen LogP contribution is -2.03. The molecule has 3 heterocycles. The highest BCUT2D eigenvalue weighted by Crippen LogP contribution is 2.22. The number of rotatable bonds is 4. The highest BCUT2D eigenvalue weighted by Gasteiger charge is 2.07. The third-order valence-corrected chi connectivity index (χ3v) is 3.41. The molecule has 0 spiro atoms. The molecule has 102 valence electrons. The molecule has 3 aromatic rings. The molecule has 0 aromatic carbocycles. The van der Waals surface area contributed by atoms with Crippen LogP contribution in [0.2, 0.25) is 0 Å². The zero-order valence-electron chi connectivity index (χ0n) is 11.8. The van der Waals surface area contributed by atoms with Crippen LogP contribution in [0.25, 0.3) is 22.2 Å². The maximum absolute atomic E-state index is 4.58. The fourth-order valence-electron chi connectivity index (χ4n) is 2.22. The van der Waals surface area contributed by atoms with Gasteiger partial charge in [0.25, 0.3) is 0 Å². The van der Waals surface area contributed by atoms with E-state index in [0.29, 0.717) is 5.92 Å². The van der Waals surface area contributed by atoms with E-state index < -0.39 is 0 Å². The van der Waals surface area contributed by atoms with Gasteiger partial charge in [0.05, 0.1) is 6.20 Å². The predicted octanol–water partition coefficient (Wildman–Crippen LogP) is 3.54. The predicted molar refractivity (Wildman–Crippen MR) is 80.2 cm³/mol. The molecule has 3 rings (SSSR count). The number of hydrogen-bond donors (Lipinski definition) is 0. The van der Waals surface area contributed by atoms with Gasteiger partial charge in [0.15, 0.2) is 5.65 Å². The van der Waals surface area contributed by atoms with Gasteiger partial charge in [-0.15, -0.1) is 0 Å². The van der Waals surface area contributed by atoms with Crippen LogP contribution in [0.5, 0.6) is 0 Å². The summed E-state index contributed by atoms with van der Waals surface area (Å²) in [6.07, 6.45) is 8.51. The Bertz CT molecular complexity index is 701. The first-order valence-electron chi connectivity index (χ1n) is 6.96. The van der Waals surface area contributed by atoms with E-state index in [-0.39, 0.29) is 0 Å². The molecule has 0 amide bonds. The van der Waals surface area contributed by atoms with Crippen molar-refractivity contribution in [1.82, 2.24) is 19.7 Å². The van der Waals surface area contributed by atoms with Gasteiger partial charge in [-0.3, -0.25) is 4.98 Å². The van der Waals surface area contributed by atoms with E-state index >= 15 is 0 Å². The molecule has 0 bridgehead atoms. The van der Waals surface area contributed by atoms with Crippen LogP contribution in [-0.4, -0.2) is 19.7 Å². The topological polar surface area (TPSA) is 43.6 Å². The summed E-state index contributed by atoms with van der Waals surface area (Å²) in [4.78, 5) is 8.62. The normalized spacial score (nSPS) is 11.3. The smallest absolute Gasteiger partial charge is 0.157 e. The SMILES string of the molecule is CC(C)CCn1ncc2cc(-c3ccncc3)cnc21. The van der Waals surface area contributed by atoms with Crippen LogP contribution in [0.4, 0.5) is 0 Å². The maximum Gasteiger partial charge on any atom is 0.157 e. The third-order valence-electron chi connectivity index (χ3n) is 3.41. The van der Waals surface area contributed by atoms with E-state index in [0.717, 1.165) is 35.1 Å². The molecule has 0 saturated heterocycles. The van der Waals surface area contributed by atoms with Crippen molar-refractivity contribution in [2.24, 2.45) is 5.92 Å². The summed E-state index contributed by atoms with van der Waals surface area (Å²) in [5.41, 5.74) is 3.19. The van der Waals surface area contributed by atoms with Crippen molar-refractivity contribution in [3.8, 4) is 11.1 Å². The zero-order chi connectivity index (χ0) is 13.9. The second-order valence-electron chi connectivity index (χ2n) is 5.42. The van der Waals surface area contributed by atoms with E-state index in [2.05, 4.69) is 35.0 Å². The zero-order valence-corrected chi connectivity index (χ0v) is 11.8. The summed E-state index contributed by atoms with van der Waals surface area (Å²) in [7, 11) is 0. The summed E-state index contributed by atoms with van der Waals surface area (Å²) >= 11 is 0. The Hall–Kier alpha value is -2.23. The molecule has 0 radical (unpaired) electrons. The van der Waals surface area contributed by atoms with Crippen molar-refractivity contribution in [2.75, 3.05) is 0 Å². The molecule has 3 aromatic heterocycles. The van der Waals surface area contributed by atoms with Crippen molar-refractivity contribution in [2.45, 2.75) is 26.8 Å². The van der Waals surface area contributed by atoms with Crippen molar-refractivity contribution >= 4 is 11.0 Å². The molecule has 20 heavy (non-hydrogen) atoms. The Labute approximate surface area is 118 Å². The lowest BCUT2D eigenvalue weighted by atomic mass is 10.1. The van der Waals surface area contributed by atoms with E-state index in [1.807, 2.05) is 29.2 Å². The molecule has 0 aliphatic rings. The molecule has 0 aliphatic heterocycles. The van der Waals surface area contributed by atoms with E-state index in [1.165, 1.54) is 0 Å². The van der Waals surface area contributed by atoms with Gasteiger partial charge in [-0.05, 0) is 36.1 Å². The molecule has 0 N–H and O–H groups in total. The summed E-state index contributed by atoms with van der Waals surface area (Å²) in [5.74, 6) is 0.672. The molecule has 0 atom stereocenters. The maximum atomic E-state index is 4.58. The number of aromatic nitrogens is 4. The Morgan fingerprint density at radius 2 is 1.90 bits per heavy atom. The van der Waals surface area contributed by atoms with Gasteiger partial charge in [0.2, 0.25) is 0 Å². The van der Waals surface area contributed by atoms with Crippen molar-refractivity contribution in [3.05, 3.63) is 43.0 Å². The van der Waals surface area contributed by atoms with Crippen LogP contribution in [0.15, 0.2) is 43.0 Å². The fraction of sp³-hybridized carbons (Fsp3) is 0.312. The molecule has 0 fully saturated rings. The molecule has 0 unspecified atom stereocenters. The fourth-order valence-corrected chi connectivity index (χ4v) is 2.22. The van der Waals surface area contributed by atoms with Gasteiger partial charge in [-0.1, -0.05) is 13.8 Å². The van der Waals surface area contributed by atoms with Crippen LogP contribution in [-0.2, 0) is 6.54 Å². The van der Waals surface area contributed by atoms with Crippen molar-refractivity contribution in [3.63, 3.8) is 0 Å². The second-order valence-corrected chi connectivity index (χ2v) is 5.42. The van der Waals surface area contributed by atoms with Gasteiger partial charge in [0.1, 0.15) is 0 Å². The van der Waals surface area contributed by atoms with Gasteiger partial charge in [-0.2, -0.15) is 5.10 Å². The number of aryl methyl sites for hydroxylation is 1. The highest BCUT2D eigenvalue weighted by atomic mass is 15.3. The number of fused-ring (bicyclic) bond motifs is 1. The highest BCUT2D eigenvalue weighted by molar-refractivity contribution is 5.80. The van der Waals surface area contributed by atoms with Crippen LogP contribution in [0.3, 0.4) is 0 Å². The second kappa shape index (κ2) is 5.41. The Morgan fingerprint density at radius 1 is 1.10 bits per heavy atom. The summed E-state index contributed by atoms with van der Waals surface area (Å²) < 4.78 is 1.99. The molecule has 4 nitrogen and oxygen atoms in total. The van der Waals surface area contributed by atoms with Crippen molar-refractivity contribution < 1.29 is 0 Å². The van der Waals surface area contributed by atoms with Gasteiger partial charge in [-0.25, -0.2) is 9.67 Å². The minimum absolute atomic E-state index is 0.672. The van der Waals surface area contributed by atoms with Crippen molar-refractivity contribution in [1.29, 1.82) is 0 Å². The minimum Gasteiger partial charge on any atom is -0.265 e. The summed E-state index contributed by atoms with van der Waals surface area (Å²) in [6, 6.07) is 6.12. The Morgan fingerprint density at radius 3 is 2.65 bits per heavy atom. The molecule has 4 heteroatoms. The minimum atomic E-state index is 0.672. The monoisotopic (exact) mass is 266 g/mol. The van der Waals surface area contributed by atoms with E-state index in [1.54, 1.807) is 12.4 Å².